The van der Waals surface area contributed by atoms with Crippen LogP contribution in [0.5, 0.6) is 0 Å². The second-order valence-electron chi connectivity index (χ2n) is 4.60. The van der Waals surface area contributed by atoms with Crippen molar-refractivity contribution in [2.45, 2.75) is 60.0 Å². The van der Waals surface area contributed by atoms with Crippen molar-refractivity contribution >= 4 is 7.82 Å². The predicted octanol–water partition coefficient (Wildman–Crippen LogP) is 2.51. The van der Waals surface area contributed by atoms with Crippen molar-refractivity contribution in [2.75, 3.05) is 13.2 Å². The number of aryl methyl sites for hydroxylation is 2. The molecule has 0 amide bonds. The van der Waals surface area contributed by atoms with Gasteiger partial charge in [-0.15, -0.1) is 0 Å². The van der Waals surface area contributed by atoms with E-state index in [1.807, 2.05) is 13.8 Å². The summed E-state index contributed by atoms with van der Waals surface area (Å²) < 4.78 is 24.0. The first-order chi connectivity index (χ1) is 9.99. The van der Waals surface area contributed by atoms with Crippen molar-refractivity contribution in [3.63, 3.8) is 0 Å². The summed E-state index contributed by atoms with van der Waals surface area (Å²) in [5.74, 6) is 0. The molecule has 0 bridgehead atoms. The molecule has 6 nitrogen and oxygen atoms in total. The fraction of sp³-hybridized carbons (Fsp3) is 0.786. The summed E-state index contributed by atoms with van der Waals surface area (Å²) >= 11 is 0. The highest BCUT2D eigenvalue weighted by molar-refractivity contribution is 7.45. The van der Waals surface area contributed by atoms with Crippen LogP contribution < -0.4 is 9.46 Å². The number of hydrogen-bond acceptors (Lipinski definition) is 4. The first-order valence-corrected chi connectivity index (χ1v) is 9.10. The quantitative estimate of drug-likeness (QED) is 0.518. The van der Waals surface area contributed by atoms with E-state index in [1.165, 1.54) is 6.42 Å². The molecule has 1 aromatic rings. The van der Waals surface area contributed by atoms with Crippen LogP contribution in [0.4, 0.5) is 0 Å². The lowest BCUT2D eigenvalue weighted by atomic mass is 10.5. The monoisotopic (exact) mass is 320 g/mol. The maximum Gasteiger partial charge on any atom is 0.267 e. The fourth-order valence-corrected chi connectivity index (χ4v) is 2.35. The summed E-state index contributed by atoms with van der Waals surface area (Å²) in [6, 6.07) is 0. The molecular formula is C14H29N2O4P. The number of phosphoric acid groups is 1. The van der Waals surface area contributed by atoms with Gasteiger partial charge in [-0.3, -0.25) is 4.57 Å². The highest BCUT2D eigenvalue weighted by atomic mass is 31.2. The Morgan fingerprint density at radius 1 is 1.10 bits per heavy atom. The molecule has 0 aromatic carbocycles. The largest absolute Gasteiger partial charge is 0.756 e. The summed E-state index contributed by atoms with van der Waals surface area (Å²) in [5.41, 5.74) is 0. The minimum absolute atomic E-state index is 0.199. The third-order valence-electron chi connectivity index (χ3n) is 2.50. The number of hydrogen-bond donors (Lipinski definition) is 0. The summed E-state index contributed by atoms with van der Waals surface area (Å²) in [4.78, 5) is 10.7. The number of nitrogens with zero attached hydrogens (tertiary/aromatic N) is 2. The Morgan fingerprint density at radius 2 is 1.67 bits per heavy atom. The van der Waals surface area contributed by atoms with E-state index in [0.717, 1.165) is 13.1 Å². The molecule has 0 unspecified atom stereocenters. The lowest BCUT2D eigenvalue weighted by Gasteiger charge is -2.21. The molecule has 0 aliphatic heterocycles. The molecule has 1 aromatic heterocycles. The molecule has 0 fully saturated rings. The molecule has 0 spiro atoms. The van der Waals surface area contributed by atoms with Gasteiger partial charge in [0.15, 0.2) is 0 Å². The lowest BCUT2D eigenvalue weighted by Crippen LogP contribution is -2.30. The molecule has 21 heavy (non-hydrogen) atoms. The van der Waals surface area contributed by atoms with Crippen molar-refractivity contribution in [1.29, 1.82) is 0 Å². The maximum absolute atomic E-state index is 10.7. The van der Waals surface area contributed by atoms with Gasteiger partial charge in [-0.25, -0.2) is 9.13 Å². The summed E-state index contributed by atoms with van der Waals surface area (Å²) in [6.45, 7) is 10.6. The molecule has 1 rings (SSSR count). The van der Waals surface area contributed by atoms with E-state index in [2.05, 4.69) is 50.8 Å². The zero-order chi connectivity index (χ0) is 16.1. The van der Waals surface area contributed by atoms with Crippen LogP contribution in [0.2, 0.25) is 0 Å². The Balaban J connectivity index is 0.000000382. The van der Waals surface area contributed by atoms with E-state index in [0.29, 0.717) is 12.8 Å². The van der Waals surface area contributed by atoms with E-state index >= 15 is 0 Å². The van der Waals surface area contributed by atoms with E-state index in [4.69, 9.17) is 0 Å². The van der Waals surface area contributed by atoms with Crippen molar-refractivity contribution in [2.24, 2.45) is 0 Å². The minimum atomic E-state index is -3.98. The third kappa shape index (κ3) is 10.7. The molecular weight excluding hydrogens is 291 g/mol. The normalized spacial score (nSPS) is 11.1. The zero-order valence-corrected chi connectivity index (χ0v) is 14.6. The molecule has 7 heteroatoms. The summed E-state index contributed by atoms with van der Waals surface area (Å²) in [6.07, 6.45) is 8.91. The van der Waals surface area contributed by atoms with Gasteiger partial charge in [-0.1, -0.05) is 20.8 Å². The van der Waals surface area contributed by atoms with E-state index in [-0.39, 0.29) is 13.2 Å². The average molecular weight is 320 g/mol. The van der Waals surface area contributed by atoms with E-state index in [9.17, 15) is 9.46 Å². The van der Waals surface area contributed by atoms with Crippen LogP contribution in [0.25, 0.3) is 0 Å². The van der Waals surface area contributed by atoms with Crippen LogP contribution in [0.1, 0.15) is 47.0 Å². The van der Waals surface area contributed by atoms with Gasteiger partial charge in [0.2, 0.25) is 6.33 Å². The van der Waals surface area contributed by atoms with Gasteiger partial charge in [0, 0.05) is 0 Å². The molecule has 0 radical (unpaired) electrons. The van der Waals surface area contributed by atoms with Crippen LogP contribution in [0, 0.1) is 0 Å². The molecule has 0 N–H and O–H groups in total. The van der Waals surface area contributed by atoms with Crippen molar-refractivity contribution in [3.05, 3.63) is 18.7 Å². The minimum Gasteiger partial charge on any atom is -0.756 e. The molecule has 0 saturated carbocycles. The number of phosphoric ester groups is 1. The molecule has 0 aliphatic carbocycles. The molecule has 0 aliphatic rings. The SMILES string of the molecule is CCCOP(=O)([O-])OCCC.CCC[n+]1ccn(CC)c1. The smallest absolute Gasteiger partial charge is 0.267 e. The van der Waals surface area contributed by atoms with Crippen LogP contribution in [0.15, 0.2) is 18.7 Å². The fourth-order valence-electron chi connectivity index (χ4n) is 1.46. The van der Waals surface area contributed by atoms with Crippen molar-refractivity contribution in [3.8, 4) is 0 Å². The lowest BCUT2D eigenvalue weighted by molar-refractivity contribution is -0.696. The van der Waals surface area contributed by atoms with Crippen molar-refractivity contribution < 1.29 is 23.1 Å². The summed E-state index contributed by atoms with van der Waals surface area (Å²) in [5, 5.41) is 0. The third-order valence-corrected chi connectivity index (χ3v) is 3.50. The Bertz CT molecular complexity index is 397. The Kier molecular flexibility index (Phi) is 11.5. The number of imidazole rings is 1. The van der Waals surface area contributed by atoms with E-state index in [1.54, 1.807) is 0 Å². The summed E-state index contributed by atoms with van der Waals surface area (Å²) in [7, 11) is -3.98. The van der Waals surface area contributed by atoms with Gasteiger partial charge < -0.3 is 13.9 Å². The number of rotatable bonds is 9. The highest BCUT2D eigenvalue weighted by Gasteiger charge is 2.06. The predicted molar refractivity (Wildman–Crippen MR) is 80.7 cm³/mol. The second-order valence-corrected chi connectivity index (χ2v) is 6.01. The van der Waals surface area contributed by atoms with Gasteiger partial charge in [0.1, 0.15) is 12.4 Å². The van der Waals surface area contributed by atoms with Gasteiger partial charge >= 0.3 is 0 Å². The zero-order valence-electron chi connectivity index (χ0n) is 13.7. The molecule has 1 heterocycles. The Morgan fingerprint density at radius 3 is 2.05 bits per heavy atom. The van der Waals surface area contributed by atoms with Gasteiger partial charge in [-0.05, 0) is 26.2 Å². The number of aromatic nitrogens is 2. The molecule has 0 saturated heterocycles. The van der Waals surface area contributed by atoms with Gasteiger partial charge in [-0.2, -0.15) is 0 Å². The molecule has 0 atom stereocenters. The van der Waals surface area contributed by atoms with Crippen LogP contribution in [-0.4, -0.2) is 17.8 Å². The average Bonchev–Trinajstić information content (AvgIpc) is 2.92. The second kappa shape index (κ2) is 11.9. The highest BCUT2D eigenvalue weighted by Crippen LogP contribution is 2.38. The first-order valence-electron chi connectivity index (χ1n) is 7.63. The first kappa shape index (κ1) is 20.3. The van der Waals surface area contributed by atoms with Crippen LogP contribution in [0.3, 0.4) is 0 Å². The Hall–Kier alpha value is -0.680. The van der Waals surface area contributed by atoms with Gasteiger partial charge in [0.05, 0.1) is 26.3 Å². The van der Waals surface area contributed by atoms with Crippen molar-refractivity contribution in [1.82, 2.24) is 4.57 Å². The topological polar surface area (TPSA) is 67.4 Å². The van der Waals surface area contributed by atoms with Crippen LogP contribution in [-0.2, 0) is 26.7 Å². The maximum atomic E-state index is 10.7. The van der Waals surface area contributed by atoms with Gasteiger partial charge in [0.25, 0.3) is 7.82 Å². The Labute approximate surface area is 128 Å². The molecule has 124 valence electrons. The van der Waals surface area contributed by atoms with E-state index < -0.39 is 7.82 Å². The standard InChI is InChI=1S/C8H15N2.C6H15O4P/c1-3-5-10-7-6-9(4-2)8-10;1-3-5-9-11(7,8)10-6-4-2/h6-8H,3-5H2,1-2H3;3-6H2,1-2H3,(H,7,8)/q+1;/p-1. The van der Waals surface area contributed by atoms with Crippen LogP contribution >= 0.6 is 7.82 Å².